The number of rotatable bonds is 8. The Bertz CT molecular complexity index is 134. The third-order valence-corrected chi connectivity index (χ3v) is 6.43. The van der Waals surface area contributed by atoms with Crippen molar-refractivity contribution in [3.8, 4) is 0 Å². The Labute approximate surface area is 99.5 Å². The van der Waals surface area contributed by atoms with Crippen LogP contribution in [0.2, 0.25) is 0 Å². The molecule has 14 heavy (non-hydrogen) atoms. The van der Waals surface area contributed by atoms with Gasteiger partial charge in [-0.05, 0) is 0 Å². The van der Waals surface area contributed by atoms with Gasteiger partial charge in [0.15, 0.2) is 0 Å². The standard InChI is InChI=1S/C11H25INO/c1-5-6-7-8-9-10-12-11(2)13(3,4)14/h11H,5-10H2,1-4H3/q-1/t11-/m1/s1. The summed E-state index contributed by atoms with van der Waals surface area (Å²) >= 11 is 0.110. The Morgan fingerprint density at radius 3 is 2.21 bits per heavy atom. The van der Waals surface area contributed by atoms with Crippen LogP contribution < -0.4 is 21.2 Å². The zero-order chi connectivity index (χ0) is 11.0. The number of alkyl halides is 2. The Morgan fingerprint density at radius 2 is 1.71 bits per heavy atom. The third-order valence-electron chi connectivity index (χ3n) is 2.43. The molecular weight excluding hydrogens is 289 g/mol. The molecule has 0 saturated carbocycles. The molecule has 0 N–H and O–H groups in total. The van der Waals surface area contributed by atoms with Crippen LogP contribution in [0, 0.1) is 5.21 Å². The van der Waals surface area contributed by atoms with Gasteiger partial charge in [0.25, 0.3) is 0 Å². The fraction of sp³-hybridized carbons (Fsp3) is 1.00. The summed E-state index contributed by atoms with van der Waals surface area (Å²) in [7, 11) is 3.53. The van der Waals surface area contributed by atoms with Gasteiger partial charge in [0.2, 0.25) is 0 Å². The van der Waals surface area contributed by atoms with E-state index in [2.05, 4.69) is 13.8 Å². The van der Waals surface area contributed by atoms with E-state index in [0.29, 0.717) is 4.05 Å². The van der Waals surface area contributed by atoms with Crippen molar-refractivity contribution in [3.05, 3.63) is 5.21 Å². The molecule has 0 aromatic rings. The summed E-state index contributed by atoms with van der Waals surface area (Å²) in [6.07, 6.45) is 6.78. The van der Waals surface area contributed by atoms with Gasteiger partial charge in [0, 0.05) is 0 Å². The van der Waals surface area contributed by atoms with E-state index < -0.39 is 0 Å². The first kappa shape index (κ1) is 14.6. The monoisotopic (exact) mass is 314 g/mol. The summed E-state index contributed by atoms with van der Waals surface area (Å²) in [6, 6.07) is 0. The second-order valence-electron chi connectivity index (χ2n) is 4.27. The van der Waals surface area contributed by atoms with Crippen molar-refractivity contribution in [3.63, 3.8) is 0 Å². The molecule has 0 aliphatic rings. The van der Waals surface area contributed by atoms with Crippen molar-refractivity contribution in [1.82, 2.24) is 0 Å². The number of nitrogens with zero attached hydrogens (tertiary/aromatic N) is 1. The quantitative estimate of drug-likeness (QED) is 0.154. The van der Waals surface area contributed by atoms with E-state index in [4.69, 9.17) is 0 Å². The average molecular weight is 314 g/mol. The summed E-state index contributed by atoms with van der Waals surface area (Å²) in [4.78, 5) is 0. The Hall–Kier alpha value is 0.650. The third kappa shape index (κ3) is 8.00. The average Bonchev–Trinajstić information content (AvgIpc) is 2.09. The van der Waals surface area contributed by atoms with Crippen molar-refractivity contribution >= 4 is 0 Å². The molecule has 2 nitrogen and oxygen atoms in total. The zero-order valence-electron chi connectivity index (χ0n) is 10.1. The van der Waals surface area contributed by atoms with Crippen LogP contribution in [0.1, 0.15) is 46.0 Å². The summed E-state index contributed by atoms with van der Waals surface area (Å²) in [5.41, 5.74) is 0. The summed E-state index contributed by atoms with van der Waals surface area (Å²) < 4.78 is 1.59. The van der Waals surface area contributed by atoms with E-state index in [1.165, 1.54) is 36.5 Å². The molecule has 0 aromatic carbocycles. The van der Waals surface area contributed by atoms with E-state index in [-0.39, 0.29) is 25.9 Å². The number of hydrogen-bond donors (Lipinski definition) is 0. The van der Waals surface area contributed by atoms with Crippen molar-refractivity contribution in [2.24, 2.45) is 0 Å². The molecule has 0 aliphatic carbocycles. The van der Waals surface area contributed by atoms with Crippen LogP contribution in [0.5, 0.6) is 0 Å². The molecule has 0 aliphatic heterocycles. The van der Waals surface area contributed by atoms with E-state index in [1.807, 2.05) is 0 Å². The minimum absolute atomic E-state index is 0.0950. The number of hydrogen-bond acceptors (Lipinski definition) is 1. The maximum absolute atomic E-state index is 11.5. The predicted molar refractivity (Wildman–Crippen MR) is 58.6 cm³/mol. The van der Waals surface area contributed by atoms with Crippen LogP contribution in [-0.2, 0) is 0 Å². The summed E-state index contributed by atoms with van der Waals surface area (Å²) in [6.45, 7) is 4.35. The first-order chi connectivity index (χ1) is 6.48. The Balaban J connectivity index is 3.28. The molecule has 0 bridgehead atoms. The van der Waals surface area contributed by atoms with Gasteiger partial charge in [-0.15, -0.1) is 0 Å². The number of hydroxylamine groups is 3. The topological polar surface area (TPSA) is 23.1 Å². The van der Waals surface area contributed by atoms with Crippen molar-refractivity contribution in [1.29, 1.82) is 0 Å². The van der Waals surface area contributed by atoms with Crippen LogP contribution in [-0.4, -0.2) is 27.2 Å². The van der Waals surface area contributed by atoms with E-state index in [9.17, 15) is 5.21 Å². The molecule has 0 saturated heterocycles. The first-order valence-corrected chi connectivity index (χ1v) is 8.38. The van der Waals surface area contributed by atoms with Gasteiger partial charge in [-0.2, -0.15) is 0 Å². The molecule has 0 aromatic heterocycles. The molecule has 88 valence electrons. The second-order valence-corrected chi connectivity index (χ2v) is 8.03. The van der Waals surface area contributed by atoms with Crippen LogP contribution in [0.25, 0.3) is 0 Å². The summed E-state index contributed by atoms with van der Waals surface area (Å²) in [5, 5.41) is 11.5. The van der Waals surface area contributed by atoms with Crippen molar-refractivity contribution in [2.45, 2.75) is 50.0 Å². The zero-order valence-corrected chi connectivity index (χ0v) is 12.2. The van der Waals surface area contributed by atoms with Gasteiger partial charge in [0.05, 0.1) is 0 Å². The Morgan fingerprint density at radius 1 is 1.14 bits per heavy atom. The Kier molecular flexibility index (Phi) is 8.25. The summed E-state index contributed by atoms with van der Waals surface area (Å²) in [5.74, 6) is 0. The SMILES string of the molecule is CCCCCCC[I-][C@@H](C)[N+](C)(C)[O-]. The van der Waals surface area contributed by atoms with Crippen LogP contribution in [0.15, 0.2) is 0 Å². The van der Waals surface area contributed by atoms with Crippen LogP contribution in [0.3, 0.4) is 0 Å². The molecule has 0 unspecified atom stereocenters. The molecule has 0 heterocycles. The molecular formula is C11H25INO-. The number of halogens is 1. The molecule has 0 rings (SSSR count). The minimum atomic E-state index is -0.0950. The van der Waals surface area contributed by atoms with Crippen molar-refractivity contribution < 1.29 is 25.9 Å². The van der Waals surface area contributed by atoms with Crippen LogP contribution in [0.4, 0.5) is 0 Å². The molecule has 1 atom stereocenters. The van der Waals surface area contributed by atoms with Gasteiger partial charge in [-0.3, -0.25) is 0 Å². The van der Waals surface area contributed by atoms with E-state index >= 15 is 0 Å². The van der Waals surface area contributed by atoms with Gasteiger partial charge >= 0.3 is 99.6 Å². The molecule has 0 spiro atoms. The molecule has 0 radical (unpaired) electrons. The fourth-order valence-corrected chi connectivity index (χ4v) is 3.93. The van der Waals surface area contributed by atoms with Gasteiger partial charge in [-0.1, -0.05) is 0 Å². The first-order valence-electron chi connectivity index (χ1n) is 5.61. The predicted octanol–water partition coefficient (Wildman–Crippen LogP) is -0.0340. The number of quaternary nitrogens is 1. The second kappa shape index (κ2) is 7.88. The van der Waals surface area contributed by atoms with Crippen molar-refractivity contribution in [2.75, 3.05) is 18.5 Å². The van der Waals surface area contributed by atoms with Gasteiger partial charge < -0.3 is 0 Å². The maximum atomic E-state index is 11.5. The fourth-order valence-electron chi connectivity index (χ4n) is 1.10. The normalized spacial score (nSPS) is 14.6. The van der Waals surface area contributed by atoms with E-state index in [0.717, 1.165) is 0 Å². The molecule has 3 heteroatoms. The van der Waals surface area contributed by atoms with E-state index in [1.54, 1.807) is 14.1 Å². The number of unbranched alkanes of at least 4 members (excludes halogenated alkanes) is 4. The van der Waals surface area contributed by atoms with Crippen LogP contribution >= 0.6 is 0 Å². The molecule has 0 amide bonds. The van der Waals surface area contributed by atoms with Gasteiger partial charge in [-0.25, -0.2) is 0 Å². The molecule has 0 fully saturated rings. The van der Waals surface area contributed by atoms with Gasteiger partial charge in [0.1, 0.15) is 0 Å².